The van der Waals surface area contributed by atoms with E-state index in [4.69, 9.17) is 9.47 Å². The molecule has 0 N–H and O–H groups in total. The molecule has 60 heavy (non-hydrogen) atoms. The summed E-state index contributed by atoms with van der Waals surface area (Å²) >= 11 is 0. The molecule has 0 saturated carbocycles. The number of hydrogen-bond acceptors (Lipinski definition) is 4. The molecule has 0 amide bonds. The third-order valence-electron chi connectivity index (χ3n) is 12.7. The van der Waals surface area contributed by atoms with E-state index in [1.807, 2.05) is 6.07 Å². The average molecular weight is 771 g/mol. The first-order valence-corrected chi connectivity index (χ1v) is 20.7. The van der Waals surface area contributed by atoms with Gasteiger partial charge in [0.1, 0.15) is 23.0 Å². The van der Waals surface area contributed by atoms with E-state index in [1.165, 1.54) is 38.5 Å². The van der Waals surface area contributed by atoms with E-state index < -0.39 is 0 Å². The van der Waals surface area contributed by atoms with Crippen molar-refractivity contribution in [3.8, 4) is 34.1 Å². The van der Waals surface area contributed by atoms with Gasteiger partial charge in [0.2, 0.25) is 0 Å². The molecule has 12 rings (SSSR count). The smallest absolute Gasteiger partial charge is 0.260 e. The van der Waals surface area contributed by atoms with Gasteiger partial charge >= 0.3 is 0 Å². The summed E-state index contributed by atoms with van der Waals surface area (Å²) in [6.07, 6.45) is 0. The second-order valence-electron chi connectivity index (χ2n) is 16.5. The lowest BCUT2D eigenvalue weighted by atomic mass is 9.34. The lowest BCUT2D eigenvalue weighted by Gasteiger charge is -2.34. The largest absolute Gasteiger partial charge is 0.458 e. The van der Waals surface area contributed by atoms with Crippen molar-refractivity contribution in [2.75, 3.05) is 9.80 Å². The van der Waals surface area contributed by atoms with Gasteiger partial charge < -0.3 is 19.3 Å². The Bertz CT molecular complexity index is 3050. The zero-order chi connectivity index (χ0) is 40.0. The maximum atomic E-state index is 6.85. The molecule has 0 aromatic heterocycles. The van der Waals surface area contributed by atoms with E-state index in [-0.39, 0.29) is 12.1 Å². The van der Waals surface area contributed by atoms with Gasteiger partial charge in [-0.25, -0.2) is 0 Å². The Morgan fingerprint density at radius 3 is 1.48 bits per heavy atom. The summed E-state index contributed by atoms with van der Waals surface area (Å²) in [6, 6.07) is 71.4. The number of hydrogen-bond donors (Lipinski definition) is 0. The molecule has 2 heterocycles. The quantitative estimate of drug-likeness (QED) is 0.157. The molecule has 0 fully saturated rings. The molecule has 0 radical (unpaired) electrons. The van der Waals surface area contributed by atoms with E-state index in [1.54, 1.807) is 0 Å². The maximum Gasteiger partial charge on any atom is 0.260 e. The molecule has 284 valence electrons. The Kier molecular flexibility index (Phi) is 7.64. The number of nitrogens with zero attached hydrogens (tertiary/aromatic N) is 2. The average Bonchev–Trinajstić information content (AvgIpc) is 3.52. The Labute approximate surface area is 350 Å². The molecule has 9 aromatic carbocycles. The van der Waals surface area contributed by atoms with Gasteiger partial charge in [0, 0.05) is 51.1 Å². The van der Waals surface area contributed by atoms with Gasteiger partial charge in [0.25, 0.3) is 6.71 Å². The highest BCUT2D eigenvalue weighted by molar-refractivity contribution is 6.98. The second-order valence-corrected chi connectivity index (χ2v) is 16.5. The Morgan fingerprint density at radius 1 is 0.400 bits per heavy atom. The van der Waals surface area contributed by atoms with Gasteiger partial charge in [-0.15, -0.1) is 0 Å². The van der Waals surface area contributed by atoms with Crippen LogP contribution in [0, 0.1) is 0 Å². The molecule has 5 heteroatoms. The standard InChI is InChI=1S/C55H39BN2O2/c1-55(2)46-35-48-52(34-45(46)44-29-26-36-32-41(27-30-43(36)53(44)55)57(37-16-7-3-8-17-37)38-18-9-4-10-19-38)60-50-25-15-24-49-54(50)56(48)47-31-28-42(33-51(47)59-49)58(39-20-11-5-12-21-39)40-22-13-6-14-23-40/h3-35H,1-2H3. The molecule has 0 bridgehead atoms. The summed E-state index contributed by atoms with van der Waals surface area (Å²) in [6.45, 7) is 4.71. The van der Waals surface area contributed by atoms with Crippen LogP contribution >= 0.6 is 0 Å². The summed E-state index contributed by atoms with van der Waals surface area (Å²) in [4.78, 5) is 4.62. The van der Waals surface area contributed by atoms with Crippen LogP contribution < -0.4 is 35.7 Å². The number of para-hydroxylation sites is 4. The van der Waals surface area contributed by atoms with Crippen LogP contribution in [0.15, 0.2) is 200 Å². The van der Waals surface area contributed by atoms with Gasteiger partial charge in [0.05, 0.1) is 0 Å². The van der Waals surface area contributed by atoms with Gasteiger partial charge in [0.15, 0.2) is 0 Å². The predicted octanol–water partition coefficient (Wildman–Crippen LogP) is 12.8. The molecule has 2 aliphatic heterocycles. The van der Waals surface area contributed by atoms with Crippen LogP contribution in [-0.2, 0) is 5.41 Å². The van der Waals surface area contributed by atoms with Crippen molar-refractivity contribution in [2.45, 2.75) is 19.3 Å². The number of fused-ring (bicyclic) bond motifs is 9. The van der Waals surface area contributed by atoms with Crippen molar-refractivity contribution in [1.29, 1.82) is 0 Å². The highest BCUT2D eigenvalue weighted by Crippen LogP contribution is 2.53. The van der Waals surface area contributed by atoms with Crippen molar-refractivity contribution < 1.29 is 9.47 Å². The fraction of sp³-hybridized carbons (Fsp3) is 0.0545. The summed E-state index contributed by atoms with van der Waals surface area (Å²) in [7, 11) is 0. The molecule has 9 aromatic rings. The van der Waals surface area contributed by atoms with Crippen LogP contribution in [0.3, 0.4) is 0 Å². The third kappa shape index (κ3) is 5.25. The van der Waals surface area contributed by atoms with Crippen LogP contribution in [0.1, 0.15) is 25.0 Å². The van der Waals surface area contributed by atoms with Crippen LogP contribution in [0.4, 0.5) is 34.1 Å². The minimum atomic E-state index is -0.261. The maximum absolute atomic E-state index is 6.85. The number of ether oxygens (including phenoxy) is 2. The summed E-state index contributed by atoms with van der Waals surface area (Å²) in [5, 5.41) is 2.49. The van der Waals surface area contributed by atoms with Crippen LogP contribution in [-0.4, -0.2) is 6.71 Å². The minimum absolute atomic E-state index is 0.0503. The molecule has 0 unspecified atom stereocenters. The second kappa shape index (κ2) is 13.3. The van der Waals surface area contributed by atoms with Crippen molar-refractivity contribution in [1.82, 2.24) is 0 Å². The minimum Gasteiger partial charge on any atom is -0.458 e. The lowest BCUT2D eigenvalue weighted by molar-refractivity contribution is 0.464. The normalized spacial score (nSPS) is 13.5. The molecule has 4 nitrogen and oxygen atoms in total. The van der Waals surface area contributed by atoms with Crippen molar-refractivity contribution in [3.05, 3.63) is 211 Å². The SMILES string of the molecule is CC1(C)c2cc3c(cc2-c2ccc4cc(N(c5ccccc5)c5ccccc5)ccc4c21)Oc1cccc2c1B3c1ccc(N(c3ccccc3)c3ccccc3)cc1O2. The highest BCUT2D eigenvalue weighted by Gasteiger charge is 2.44. The number of rotatable bonds is 6. The molecular weight excluding hydrogens is 731 g/mol. The molecule has 3 aliphatic rings. The van der Waals surface area contributed by atoms with Crippen molar-refractivity contribution in [3.63, 3.8) is 0 Å². The van der Waals surface area contributed by atoms with Crippen LogP contribution in [0.5, 0.6) is 23.0 Å². The molecule has 0 atom stereocenters. The van der Waals surface area contributed by atoms with Crippen LogP contribution in [0.25, 0.3) is 21.9 Å². The third-order valence-corrected chi connectivity index (χ3v) is 12.7. The Morgan fingerprint density at radius 2 is 0.917 bits per heavy atom. The molecule has 0 spiro atoms. The predicted molar refractivity (Wildman–Crippen MR) is 249 cm³/mol. The van der Waals surface area contributed by atoms with E-state index >= 15 is 0 Å². The van der Waals surface area contributed by atoms with Gasteiger partial charge in [-0.2, -0.15) is 0 Å². The van der Waals surface area contributed by atoms with Crippen LogP contribution in [0.2, 0.25) is 0 Å². The summed E-state index contributed by atoms with van der Waals surface area (Å²) in [5.74, 6) is 3.44. The number of anilines is 6. The summed E-state index contributed by atoms with van der Waals surface area (Å²) in [5.41, 5.74) is 14.9. The van der Waals surface area contributed by atoms with E-state index in [2.05, 4.69) is 218 Å². The molecular formula is C55H39BN2O2. The van der Waals surface area contributed by atoms with Gasteiger partial charge in [-0.05, 0) is 129 Å². The van der Waals surface area contributed by atoms with Gasteiger partial charge in [-0.3, -0.25) is 0 Å². The molecule has 1 aliphatic carbocycles. The first-order chi connectivity index (χ1) is 29.5. The fourth-order valence-electron chi connectivity index (χ4n) is 10.0. The lowest BCUT2D eigenvalue weighted by Crippen LogP contribution is -2.57. The Balaban J connectivity index is 0.976. The number of benzene rings is 9. The van der Waals surface area contributed by atoms with Gasteiger partial charge in [-0.1, -0.05) is 123 Å². The fourth-order valence-corrected chi connectivity index (χ4v) is 10.0. The Hall–Kier alpha value is -7.50. The van der Waals surface area contributed by atoms with E-state index in [0.29, 0.717) is 0 Å². The van der Waals surface area contributed by atoms with Crippen molar-refractivity contribution in [2.24, 2.45) is 0 Å². The van der Waals surface area contributed by atoms with Crippen molar-refractivity contribution >= 4 is 68.0 Å². The zero-order valence-corrected chi connectivity index (χ0v) is 33.3. The summed E-state index contributed by atoms with van der Waals surface area (Å²) < 4.78 is 13.7. The monoisotopic (exact) mass is 770 g/mol. The first-order valence-electron chi connectivity index (χ1n) is 20.7. The van der Waals surface area contributed by atoms with E-state index in [0.717, 1.165) is 68.0 Å². The molecule has 0 saturated heterocycles. The first kappa shape index (κ1) is 34.5. The highest BCUT2D eigenvalue weighted by atomic mass is 16.5. The zero-order valence-electron chi connectivity index (χ0n) is 33.3. The topological polar surface area (TPSA) is 24.9 Å². The van der Waals surface area contributed by atoms with E-state index in [9.17, 15) is 0 Å².